The fourth-order valence-electron chi connectivity index (χ4n) is 2.85. The van der Waals surface area contributed by atoms with E-state index in [1.54, 1.807) is 13.0 Å². The number of carbonyl (C=O) groups is 1. The predicted molar refractivity (Wildman–Crippen MR) is 122 cm³/mol. The lowest BCUT2D eigenvalue weighted by Gasteiger charge is -2.13. The molecule has 0 aliphatic carbocycles. The Labute approximate surface area is 185 Å². The summed E-state index contributed by atoms with van der Waals surface area (Å²) < 4.78 is 24.6. The van der Waals surface area contributed by atoms with E-state index in [4.69, 9.17) is 5.14 Å². The second kappa shape index (κ2) is 9.46. The normalized spacial score (nSPS) is 12.4. The number of nitrogens with two attached hydrogens (primary N) is 1. The highest BCUT2D eigenvalue weighted by molar-refractivity contribution is 8.00. The van der Waals surface area contributed by atoms with E-state index in [2.05, 4.69) is 22.1 Å². The lowest BCUT2D eigenvalue weighted by molar-refractivity contribution is -0.115. The van der Waals surface area contributed by atoms with Crippen molar-refractivity contribution in [1.82, 2.24) is 14.8 Å². The third-order valence-electron chi connectivity index (χ3n) is 4.41. The minimum absolute atomic E-state index is 0.0193. The van der Waals surface area contributed by atoms with Gasteiger partial charge < -0.3 is 5.32 Å². The number of nitrogens with one attached hydrogen (secondary N) is 1. The van der Waals surface area contributed by atoms with Crippen LogP contribution >= 0.6 is 11.8 Å². The Bertz CT molecular complexity index is 1200. The number of allylic oxidation sites excluding steroid dienone is 1. The van der Waals surface area contributed by atoms with Gasteiger partial charge in [0, 0.05) is 17.8 Å². The molecule has 1 aromatic heterocycles. The van der Waals surface area contributed by atoms with Gasteiger partial charge in [0.2, 0.25) is 15.9 Å². The van der Waals surface area contributed by atoms with Crippen molar-refractivity contribution in [3.8, 4) is 11.4 Å². The average Bonchev–Trinajstić information content (AvgIpc) is 3.10. The second-order valence-electron chi connectivity index (χ2n) is 6.89. The van der Waals surface area contributed by atoms with Crippen LogP contribution < -0.4 is 10.5 Å². The van der Waals surface area contributed by atoms with E-state index in [0.717, 1.165) is 11.1 Å². The van der Waals surface area contributed by atoms with Gasteiger partial charge in [-0.2, -0.15) is 0 Å². The molecule has 0 fully saturated rings. The number of hydrogen-bond acceptors (Lipinski definition) is 6. The molecule has 0 radical (unpaired) electrons. The van der Waals surface area contributed by atoms with Gasteiger partial charge in [0.15, 0.2) is 11.0 Å². The van der Waals surface area contributed by atoms with Crippen LogP contribution in [0.25, 0.3) is 11.4 Å². The molecule has 0 saturated heterocycles. The van der Waals surface area contributed by atoms with Gasteiger partial charge in [-0.05, 0) is 44.2 Å². The second-order valence-corrected chi connectivity index (χ2v) is 9.76. The number of primary sulfonamides is 1. The Balaban J connectivity index is 1.75. The molecular weight excluding hydrogens is 434 g/mol. The maximum absolute atomic E-state index is 12.6. The molecule has 10 heteroatoms. The van der Waals surface area contributed by atoms with Gasteiger partial charge in [-0.15, -0.1) is 16.8 Å². The van der Waals surface area contributed by atoms with Gasteiger partial charge in [-0.3, -0.25) is 9.36 Å². The third-order valence-corrected chi connectivity index (χ3v) is 6.42. The number of hydrogen-bond donors (Lipinski definition) is 2. The summed E-state index contributed by atoms with van der Waals surface area (Å²) >= 11 is 1.28. The third kappa shape index (κ3) is 5.60. The summed E-state index contributed by atoms with van der Waals surface area (Å²) in [6, 6.07) is 13.6. The van der Waals surface area contributed by atoms with Crippen LogP contribution in [-0.2, 0) is 21.4 Å². The quantitative estimate of drug-likeness (QED) is 0.396. The molecule has 0 bridgehead atoms. The number of aromatic nitrogens is 3. The molecule has 31 heavy (non-hydrogen) atoms. The fraction of sp³-hybridized carbons (Fsp3) is 0.190. The van der Waals surface area contributed by atoms with Gasteiger partial charge in [0.25, 0.3) is 0 Å². The fourth-order valence-corrected chi connectivity index (χ4v) is 4.22. The molecule has 3 N–H and O–H groups in total. The van der Waals surface area contributed by atoms with Crippen LogP contribution in [-0.4, -0.2) is 34.3 Å². The van der Waals surface area contributed by atoms with E-state index in [1.165, 1.54) is 36.0 Å². The Morgan fingerprint density at radius 1 is 1.26 bits per heavy atom. The molecule has 0 aliphatic heterocycles. The molecule has 1 atom stereocenters. The van der Waals surface area contributed by atoms with Crippen LogP contribution in [0.1, 0.15) is 12.5 Å². The zero-order chi connectivity index (χ0) is 22.6. The van der Waals surface area contributed by atoms with E-state index in [-0.39, 0.29) is 10.8 Å². The molecule has 162 valence electrons. The number of amides is 1. The van der Waals surface area contributed by atoms with Crippen LogP contribution in [0.4, 0.5) is 5.69 Å². The van der Waals surface area contributed by atoms with Crippen molar-refractivity contribution >= 4 is 33.4 Å². The standard InChI is InChI=1S/C21H23N5O3S2/c1-4-12-26-19(16-7-5-6-14(2)13-16)24-25-21(26)30-15(3)20(27)23-17-8-10-18(11-9-17)31(22,28)29/h4-11,13,15H,1,12H2,2-3H3,(H,23,27)(H2,22,28,29)/t15-/m0/s1. The maximum Gasteiger partial charge on any atom is 0.238 e. The van der Waals surface area contributed by atoms with Gasteiger partial charge >= 0.3 is 0 Å². The van der Waals surface area contributed by atoms with Gasteiger partial charge in [-0.25, -0.2) is 13.6 Å². The summed E-state index contributed by atoms with van der Waals surface area (Å²) in [5.41, 5.74) is 2.52. The van der Waals surface area contributed by atoms with E-state index in [0.29, 0.717) is 23.2 Å². The first-order chi connectivity index (χ1) is 14.7. The molecule has 0 aliphatic rings. The monoisotopic (exact) mass is 457 g/mol. The van der Waals surface area contributed by atoms with Crippen LogP contribution in [0.5, 0.6) is 0 Å². The molecule has 8 nitrogen and oxygen atoms in total. The zero-order valence-corrected chi connectivity index (χ0v) is 18.8. The first kappa shape index (κ1) is 22.7. The summed E-state index contributed by atoms with van der Waals surface area (Å²) in [6.07, 6.45) is 1.75. The average molecular weight is 458 g/mol. The minimum atomic E-state index is -3.78. The van der Waals surface area contributed by atoms with Crippen molar-refractivity contribution in [2.45, 2.75) is 35.7 Å². The SMILES string of the molecule is C=CCn1c(S[C@@H](C)C(=O)Nc2ccc(S(N)(=O)=O)cc2)nnc1-c1cccc(C)c1. The Morgan fingerprint density at radius 2 is 1.97 bits per heavy atom. The maximum atomic E-state index is 12.6. The molecule has 2 aromatic carbocycles. The van der Waals surface area contributed by atoms with Crippen molar-refractivity contribution in [3.63, 3.8) is 0 Å². The van der Waals surface area contributed by atoms with Crippen LogP contribution in [0.3, 0.4) is 0 Å². The highest BCUT2D eigenvalue weighted by Crippen LogP contribution is 2.28. The van der Waals surface area contributed by atoms with Crippen molar-refractivity contribution in [1.29, 1.82) is 0 Å². The summed E-state index contributed by atoms with van der Waals surface area (Å²) in [7, 11) is -3.78. The minimum Gasteiger partial charge on any atom is -0.325 e. The van der Waals surface area contributed by atoms with Crippen LogP contribution in [0.2, 0.25) is 0 Å². The molecule has 0 spiro atoms. The lowest BCUT2D eigenvalue weighted by atomic mass is 10.1. The molecular formula is C21H23N5O3S2. The number of rotatable bonds is 8. The van der Waals surface area contributed by atoms with Crippen LogP contribution in [0.15, 0.2) is 71.2 Å². The molecule has 0 unspecified atom stereocenters. The highest BCUT2D eigenvalue weighted by Gasteiger charge is 2.21. The molecule has 3 rings (SSSR count). The molecule has 3 aromatic rings. The number of sulfonamides is 1. The summed E-state index contributed by atoms with van der Waals surface area (Å²) in [6.45, 7) is 8.08. The Kier molecular flexibility index (Phi) is 6.94. The Hall–Kier alpha value is -2.95. The number of carbonyl (C=O) groups excluding carboxylic acids is 1. The van der Waals surface area contributed by atoms with E-state index < -0.39 is 15.3 Å². The number of aryl methyl sites for hydroxylation is 1. The number of benzene rings is 2. The van der Waals surface area contributed by atoms with Crippen molar-refractivity contribution in [2.24, 2.45) is 5.14 Å². The number of thioether (sulfide) groups is 1. The van der Waals surface area contributed by atoms with Crippen molar-refractivity contribution in [2.75, 3.05) is 5.32 Å². The van der Waals surface area contributed by atoms with E-state index >= 15 is 0 Å². The van der Waals surface area contributed by atoms with Crippen LogP contribution in [0, 0.1) is 6.92 Å². The largest absolute Gasteiger partial charge is 0.325 e. The summed E-state index contributed by atoms with van der Waals surface area (Å²) in [4.78, 5) is 12.6. The molecule has 1 heterocycles. The van der Waals surface area contributed by atoms with E-state index in [9.17, 15) is 13.2 Å². The van der Waals surface area contributed by atoms with Gasteiger partial charge in [0.1, 0.15) is 0 Å². The predicted octanol–water partition coefficient (Wildman–Crippen LogP) is 3.21. The summed E-state index contributed by atoms with van der Waals surface area (Å²) in [5.74, 6) is 0.455. The molecule has 1 amide bonds. The van der Waals surface area contributed by atoms with Crippen molar-refractivity contribution < 1.29 is 13.2 Å². The topological polar surface area (TPSA) is 120 Å². The smallest absolute Gasteiger partial charge is 0.238 e. The van der Waals surface area contributed by atoms with E-state index in [1.807, 2.05) is 35.8 Å². The summed E-state index contributed by atoms with van der Waals surface area (Å²) in [5, 5.41) is 16.6. The lowest BCUT2D eigenvalue weighted by Crippen LogP contribution is -2.23. The number of anilines is 1. The first-order valence-corrected chi connectivity index (χ1v) is 11.8. The van der Waals surface area contributed by atoms with Gasteiger partial charge in [-0.1, -0.05) is 41.6 Å². The Morgan fingerprint density at radius 3 is 2.58 bits per heavy atom. The first-order valence-electron chi connectivity index (χ1n) is 9.40. The van der Waals surface area contributed by atoms with Gasteiger partial charge in [0.05, 0.1) is 10.1 Å². The zero-order valence-electron chi connectivity index (χ0n) is 17.1. The molecule has 0 saturated carbocycles. The number of nitrogens with zero attached hydrogens (tertiary/aromatic N) is 3. The highest BCUT2D eigenvalue weighted by atomic mass is 32.2. The van der Waals surface area contributed by atoms with Crippen molar-refractivity contribution in [3.05, 3.63) is 66.7 Å².